The van der Waals surface area contributed by atoms with E-state index < -0.39 is 18.2 Å². The average molecular weight is 352 g/mol. The van der Waals surface area contributed by atoms with E-state index in [0.29, 0.717) is 4.47 Å². The number of alkyl halides is 3. The van der Waals surface area contributed by atoms with Gasteiger partial charge in [0, 0.05) is 11.5 Å². The summed E-state index contributed by atoms with van der Waals surface area (Å²) < 4.78 is 42.3. The molecule has 1 heterocycles. The van der Waals surface area contributed by atoms with Gasteiger partial charge in [0.1, 0.15) is 18.2 Å². The first kappa shape index (κ1) is 14.8. The number of ether oxygens (including phenoxy) is 1. The van der Waals surface area contributed by atoms with Gasteiger partial charge in [0.25, 0.3) is 0 Å². The molecule has 108 valence electrons. The Bertz CT molecular complexity index is 615. The molecule has 0 aliphatic carbocycles. The minimum Gasteiger partial charge on any atom is -0.406 e. The lowest BCUT2D eigenvalue weighted by molar-refractivity contribution is -0.274. The van der Waals surface area contributed by atoms with Crippen LogP contribution >= 0.6 is 15.9 Å². The second-order valence-corrected chi connectivity index (χ2v) is 4.89. The summed E-state index contributed by atoms with van der Waals surface area (Å²) in [6.45, 7) is 0. The van der Waals surface area contributed by atoms with Crippen molar-refractivity contribution in [1.29, 1.82) is 0 Å². The molecular formula is C11H9BrF3N3O2. The van der Waals surface area contributed by atoms with Crippen molar-refractivity contribution in [3.8, 4) is 5.75 Å². The highest BCUT2D eigenvalue weighted by Gasteiger charge is 2.31. The van der Waals surface area contributed by atoms with Crippen LogP contribution in [0.3, 0.4) is 0 Å². The number of nitrogens with zero attached hydrogens (tertiary/aromatic N) is 3. The fraction of sp³-hybridized carbons (Fsp3) is 0.273. The molecular weight excluding hydrogens is 343 g/mol. The highest BCUT2D eigenvalue weighted by molar-refractivity contribution is 9.10. The number of aromatic nitrogens is 3. The molecule has 0 saturated heterocycles. The number of benzene rings is 1. The minimum atomic E-state index is -4.80. The van der Waals surface area contributed by atoms with Crippen LogP contribution in [0.1, 0.15) is 17.5 Å². The Morgan fingerprint density at radius 1 is 1.35 bits per heavy atom. The first-order valence-electron chi connectivity index (χ1n) is 5.34. The number of hydrogen-bond acceptors (Lipinski definition) is 4. The molecule has 1 aromatic heterocycles. The molecule has 2 rings (SSSR count). The third-order valence-corrected chi connectivity index (χ3v) is 2.89. The number of hydrogen-bond donors (Lipinski definition) is 1. The molecule has 5 nitrogen and oxygen atoms in total. The molecule has 0 fully saturated rings. The summed E-state index contributed by atoms with van der Waals surface area (Å²) in [4.78, 5) is 0. The van der Waals surface area contributed by atoms with Gasteiger partial charge >= 0.3 is 6.36 Å². The van der Waals surface area contributed by atoms with E-state index in [9.17, 15) is 18.3 Å². The van der Waals surface area contributed by atoms with Gasteiger partial charge in [-0.25, -0.2) is 0 Å². The topological polar surface area (TPSA) is 60.2 Å². The van der Waals surface area contributed by atoms with Gasteiger partial charge in [0.15, 0.2) is 5.82 Å². The van der Waals surface area contributed by atoms with Crippen LogP contribution in [0.15, 0.2) is 29.0 Å². The maximum Gasteiger partial charge on any atom is 0.573 e. The van der Waals surface area contributed by atoms with Gasteiger partial charge in [-0.15, -0.1) is 23.4 Å². The van der Waals surface area contributed by atoms with E-state index in [1.807, 2.05) is 0 Å². The SMILES string of the molecule is Cn1cnnc1C(O)c1cc(Br)cc(OC(F)(F)F)c1. The van der Waals surface area contributed by atoms with E-state index >= 15 is 0 Å². The second-order valence-electron chi connectivity index (χ2n) is 3.97. The molecule has 2 aromatic rings. The summed E-state index contributed by atoms with van der Waals surface area (Å²) in [5.41, 5.74) is 0.203. The van der Waals surface area contributed by atoms with Crippen LogP contribution in [0.25, 0.3) is 0 Å². The fourth-order valence-electron chi connectivity index (χ4n) is 1.62. The van der Waals surface area contributed by atoms with E-state index in [0.717, 1.165) is 12.1 Å². The lowest BCUT2D eigenvalue weighted by Gasteiger charge is -2.14. The van der Waals surface area contributed by atoms with Crippen LogP contribution in [-0.4, -0.2) is 26.2 Å². The van der Waals surface area contributed by atoms with Crippen molar-refractivity contribution >= 4 is 15.9 Å². The van der Waals surface area contributed by atoms with E-state index in [2.05, 4.69) is 30.9 Å². The highest BCUT2D eigenvalue weighted by Crippen LogP contribution is 2.31. The third kappa shape index (κ3) is 3.48. The van der Waals surface area contributed by atoms with Crippen molar-refractivity contribution in [2.45, 2.75) is 12.5 Å². The zero-order chi connectivity index (χ0) is 14.9. The van der Waals surface area contributed by atoms with E-state index in [1.54, 1.807) is 7.05 Å². The first-order valence-corrected chi connectivity index (χ1v) is 6.14. The Balaban J connectivity index is 2.35. The van der Waals surface area contributed by atoms with Crippen molar-refractivity contribution in [3.63, 3.8) is 0 Å². The monoisotopic (exact) mass is 351 g/mol. The molecule has 1 aromatic carbocycles. The van der Waals surface area contributed by atoms with Crippen LogP contribution in [0.5, 0.6) is 5.75 Å². The van der Waals surface area contributed by atoms with Crippen LogP contribution in [0, 0.1) is 0 Å². The summed E-state index contributed by atoms with van der Waals surface area (Å²) in [6.07, 6.45) is -4.63. The van der Waals surface area contributed by atoms with Gasteiger partial charge in [0.05, 0.1) is 0 Å². The molecule has 1 unspecified atom stereocenters. The molecule has 20 heavy (non-hydrogen) atoms. The Kier molecular flexibility index (Phi) is 4.00. The molecule has 9 heteroatoms. The zero-order valence-electron chi connectivity index (χ0n) is 10.1. The fourth-order valence-corrected chi connectivity index (χ4v) is 2.11. The number of rotatable bonds is 3. The van der Waals surface area contributed by atoms with Crippen LogP contribution in [0.2, 0.25) is 0 Å². The molecule has 0 aliphatic heterocycles. The lowest BCUT2D eigenvalue weighted by Crippen LogP contribution is -2.17. The molecule has 1 atom stereocenters. The van der Waals surface area contributed by atoms with Crippen LogP contribution in [0.4, 0.5) is 13.2 Å². The molecule has 0 aliphatic rings. The molecule has 0 saturated carbocycles. The zero-order valence-corrected chi connectivity index (χ0v) is 11.7. The highest BCUT2D eigenvalue weighted by atomic mass is 79.9. The summed E-state index contributed by atoms with van der Waals surface area (Å²) in [7, 11) is 1.61. The summed E-state index contributed by atoms with van der Waals surface area (Å²) in [6, 6.07) is 3.72. The Morgan fingerprint density at radius 3 is 2.60 bits per heavy atom. The Hall–Kier alpha value is -1.61. The molecule has 0 radical (unpaired) electrons. The maximum atomic E-state index is 12.2. The van der Waals surface area contributed by atoms with Gasteiger partial charge < -0.3 is 14.4 Å². The minimum absolute atomic E-state index is 0.203. The number of aliphatic hydroxyl groups excluding tert-OH is 1. The molecule has 0 spiro atoms. The standard InChI is InChI=1S/C11H9BrF3N3O2/c1-18-5-16-17-10(18)9(19)6-2-7(12)4-8(3-6)20-11(13,14)15/h2-5,9,19H,1H3. The van der Waals surface area contributed by atoms with Crippen molar-refractivity contribution in [2.24, 2.45) is 7.05 Å². The molecule has 0 amide bonds. The van der Waals surface area contributed by atoms with E-state index in [4.69, 9.17) is 0 Å². The van der Waals surface area contributed by atoms with Crippen molar-refractivity contribution in [3.05, 3.63) is 40.4 Å². The predicted octanol–water partition coefficient (Wildman–Crippen LogP) is 2.56. The van der Waals surface area contributed by atoms with Crippen LogP contribution < -0.4 is 4.74 Å². The Labute approximate surface area is 120 Å². The van der Waals surface area contributed by atoms with E-state index in [1.165, 1.54) is 17.0 Å². The predicted molar refractivity (Wildman–Crippen MR) is 65.9 cm³/mol. The van der Waals surface area contributed by atoms with Crippen LogP contribution in [-0.2, 0) is 7.05 Å². The quantitative estimate of drug-likeness (QED) is 0.923. The largest absolute Gasteiger partial charge is 0.573 e. The second kappa shape index (κ2) is 5.41. The van der Waals surface area contributed by atoms with Gasteiger partial charge in [-0.2, -0.15) is 0 Å². The van der Waals surface area contributed by atoms with Gasteiger partial charge in [0.2, 0.25) is 0 Å². The summed E-state index contributed by atoms with van der Waals surface area (Å²) in [5.74, 6) is -0.218. The number of aliphatic hydroxyl groups is 1. The first-order chi connectivity index (χ1) is 9.26. The molecule has 1 N–H and O–H groups in total. The van der Waals surface area contributed by atoms with Gasteiger partial charge in [-0.05, 0) is 23.8 Å². The van der Waals surface area contributed by atoms with Crippen molar-refractivity contribution in [2.75, 3.05) is 0 Å². The number of halogens is 4. The maximum absolute atomic E-state index is 12.2. The summed E-state index contributed by atoms with van der Waals surface area (Å²) in [5, 5.41) is 17.4. The summed E-state index contributed by atoms with van der Waals surface area (Å²) >= 11 is 3.07. The average Bonchev–Trinajstić information content (AvgIpc) is 2.71. The normalized spacial score (nSPS) is 13.3. The van der Waals surface area contributed by atoms with Crippen molar-refractivity contribution in [1.82, 2.24) is 14.8 Å². The third-order valence-electron chi connectivity index (χ3n) is 2.43. The number of aryl methyl sites for hydroxylation is 1. The smallest absolute Gasteiger partial charge is 0.406 e. The van der Waals surface area contributed by atoms with Crippen molar-refractivity contribution < 1.29 is 23.0 Å². The molecule has 0 bridgehead atoms. The lowest BCUT2D eigenvalue weighted by atomic mass is 10.1. The van der Waals surface area contributed by atoms with Gasteiger partial charge in [-0.1, -0.05) is 15.9 Å². The van der Waals surface area contributed by atoms with Gasteiger partial charge in [-0.3, -0.25) is 0 Å². The van der Waals surface area contributed by atoms with E-state index in [-0.39, 0.29) is 11.4 Å². The Morgan fingerprint density at radius 2 is 2.05 bits per heavy atom.